The van der Waals surface area contributed by atoms with Gasteiger partial charge in [0.15, 0.2) is 6.10 Å². The van der Waals surface area contributed by atoms with Crippen LogP contribution in [0.15, 0.2) is 36.7 Å². The van der Waals surface area contributed by atoms with Gasteiger partial charge in [0.25, 0.3) is 5.91 Å². The van der Waals surface area contributed by atoms with Gasteiger partial charge in [-0.2, -0.15) is 0 Å². The second-order valence-corrected chi connectivity index (χ2v) is 5.95. The molecule has 2 rings (SSSR count). The molecule has 0 saturated heterocycles. The van der Waals surface area contributed by atoms with E-state index in [4.69, 9.17) is 4.74 Å². The highest BCUT2D eigenvalue weighted by atomic mass is 16.5. The number of rotatable bonds is 8. The zero-order valence-corrected chi connectivity index (χ0v) is 14.4. The molecule has 1 amide bonds. The minimum absolute atomic E-state index is 0.367. The SMILES string of the molecule is COc1ccc([C@H](O)C(=O)NCCCn2ccnc2C(C)C)cc1. The molecular formula is C18H25N3O3. The molecule has 6 nitrogen and oxygen atoms in total. The van der Waals surface area contributed by atoms with Gasteiger partial charge in [0.1, 0.15) is 11.6 Å². The zero-order chi connectivity index (χ0) is 17.5. The second-order valence-electron chi connectivity index (χ2n) is 5.95. The average molecular weight is 331 g/mol. The number of amides is 1. The molecule has 1 atom stereocenters. The molecule has 0 aliphatic heterocycles. The predicted molar refractivity (Wildman–Crippen MR) is 91.9 cm³/mol. The maximum Gasteiger partial charge on any atom is 0.253 e. The fourth-order valence-electron chi connectivity index (χ4n) is 2.51. The second kappa shape index (κ2) is 8.49. The summed E-state index contributed by atoms with van der Waals surface area (Å²) in [6.07, 6.45) is 3.34. The summed E-state index contributed by atoms with van der Waals surface area (Å²) < 4.78 is 7.15. The van der Waals surface area contributed by atoms with Gasteiger partial charge >= 0.3 is 0 Å². The highest BCUT2D eigenvalue weighted by molar-refractivity contribution is 5.81. The number of nitrogens with one attached hydrogen (secondary N) is 1. The van der Waals surface area contributed by atoms with E-state index in [0.29, 0.717) is 23.8 Å². The van der Waals surface area contributed by atoms with Crippen LogP contribution in [0.3, 0.4) is 0 Å². The first-order valence-corrected chi connectivity index (χ1v) is 8.13. The summed E-state index contributed by atoms with van der Waals surface area (Å²) in [6, 6.07) is 6.81. The minimum atomic E-state index is -1.17. The van der Waals surface area contributed by atoms with E-state index < -0.39 is 12.0 Å². The van der Waals surface area contributed by atoms with Crippen LogP contribution in [0.2, 0.25) is 0 Å². The first-order valence-electron chi connectivity index (χ1n) is 8.13. The molecular weight excluding hydrogens is 306 g/mol. The van der Waals surface area contributed by atoms with E-state index in [1.807, 2.05) is 6.20 Å². The summed E-state index contributed by atoms with van der Waals surface area (Å²) >= 11 is 0. The summed E-state index contributed by atoms with van der Waals surface area (Å²) in [5.41, 5.74) is 0.546. The number of aliphatic hydroxyl groups excluding tert-OH is 1. The maximum atomic E-state index is 12.0. The number of hydrogen-bond acceptors (Lipinski definition) is 4. The summed E-state index contributed by atoms with van der Waals surface area (Å²) in [6.45, 7) is 5.49. The molecule has 130 valence electrons. The largest absolute Gasteiger partial charge is 0.497 e. The lowest BCUT2D eigenvalue weighted by atomic mass is 10.1. The van der Waals surface area contributed by atoms with E-state index in [-0.39, 0.29) is 0 Å². The molecule has 0 fully saturated rings. The Labute approximate surface area is 142 Å². The summed E-state index contributed by atoms with van der Waals surface area (Å²) in [7, 11) is 1.57. The van der Waals surface area contributed by atoms with Gasteiger partial charge in [-0.3, -0.25) is 4.79 Å². The predicted octanol–water partition coefficient (Wildman–Crippen LogP) is 2.25. The fourth-order valence-corrected chi connectivity index (χ4v) is 2.51. The number of ether oxygens (including phenoxy) is 1. The number of aromatic nitrogens is 2. The van der Waals surface area contributed by atoms with Gasteiger partial charge in [0.2, 0.25) is 0 Å². The Morgan fingerprint density at radius 1 is 1.33 bits per heavy atom. The highest BCUT2D eigenvalue weighted by Crippen LogP contribution is 2.17. The topological polar surface area (TPSA) is 76.4 Å². The molecule has 0 spiro atoms. The number of nitrogens with zero attached hydrogens (tertiary/aromatic N) is 2. The molecule has 0 aliphatic carbocycles. The van der Waals surface area contributed by atoms with Crippen LogP contribution in [0.5, 0.6) is 5.75 Å². The van der Waals surface area contributed by atoms with Crippen LogP contribution in [-0.4, -0.2) is 34.2 Å². The van der Waals surface area contributed by atoms with Crippen LogP contribution in [0.25, 0.3) is 0 Å². The van der Waals surface area contributed by atoms with E-state index in [2.05, 4.69) is 28.7 Å². The third-order valence-electron chi connectivity index (χ3n) is 3.82. The number of benzene rings is 1. The first kappa shape index (κ1) is 18.0. The number of aryl methyl sites for hydroxylation is 1. The van der Waals surface area contributed by atoms with Crippen molar-refractivity contribution in [2.75, 3.05) is 13.7 Å². The Hall–Kier alpha value is -2.34. The molecule has 2 aromatic rings. The van der Waals surface area contributed by atoms with Crippen molar-refractivity contribution < 1.29 is 14.6 Å². The Bertz CT molecular complexity index is 650. The summed E-state index contributed by atoms with van der Waals surface area (Å²) in [4.78, 5) is 16.4. The summed E-state index contributed by atoms with van der Waals surface area (Å²) in [5, 5.41) is 12.9. The lowest BCUT2D eigenvalue weighted by Gasteiger charge is -2.13. The van der Waals surface area contributed by atoms with Gasteiger partial charge in [-0.1, -0.05) is 26.0 Å². The lowest BCUT2D eigenvalue weighted by Crippen LogP contribution is -2.30. The number of carbonyl (C=O) groups is 1. The van der Waals surface area contributed by atoms with Gasteiger partial charge < -0.3 is 19.7 Å². The van der Waals surface area contributed by atoms with Crippen molar-refractivity contribution in [2.24, 2.45) is 0 Å². The minimum Gasteiger partial charge on any atom is -0.497 e. The molecule has 0 unspecified atom stereocenters. The van der Waals surface area contributed by atoms with Crippen molar-refractivity contribution in [1.82, 2.24) is 14.9 Å². The number of carbonyl (C=O) groups excluding carboxylic acids is 1. The van der Waals surface area contributed by atoms with Crippen LogP contribution in [0, 0.1) is 0 Å². The summed E-state index contributed by atoms with van der Waals surface area (Å²) in [5.74, 6) is 1.70. The van der Waals surface area contributed by atoms with Crippen LogP contribution < -0.4 is 10.1 Å². The molecule has 0 radical (unpaired) electrons. The molecule has 1 aromatic carbocycles. The maximum absolute atomic E-state index is 12.0. The first-order chi connectivity index (χ1) is 11.5. The fraction of sp³-hybridized carbons (Fsp3) is 0.444. The Morgan fingerprint density at radius 3 is 2.67 bits per heavy atom. The number of imidazole rings is 1. The number of methoxy groups -OCH3 is 1. The van der Waals surface area contributed by atoms with Gasteiger partial charge in [-0.25, -0.2) is 4.98 Å². The highest BCUT2D eigenvalue weighted by Gasteiger charge is 2.16. The smallest absolute Gasteiger partial charge is 0.253 e. The van der Waals surface area contributed by atoms with E-state index in [1.54, 1.807) is 37.6 Å². The van der Waals surface area contributed by atoms with Gasteiger partial charge in [-0.05, 0) is 24.1 Å². The quantitative estimate of drug-likeness (QED) is 0.728. The van der Waals surface area contributed by atoms with E-state index >= 15 is 0 Å². The van der Waals surface area contributed by atoms with Gasteiger partial charge in [0.05, 0.1) is 7.11 Å². The Balaban J connectivity index is 1.79. The van der Waals surface area contributed by atoms with Crippen LogP contribution in [0.1, 0.15) is 43.7 Å². The van der Waals surface area contributed by atoms with Crippen LogP contribution >= 0.6 is 0 Å². The van der Waals surface area contributed by atoms with E-state index in [0.717, 1.165) is 18.8 Å². The number of hydrogen-bond donors (Lipinski definition) is 2. The monoisotopic (exact) mass is 331 g/mol. The molecule has 0 bridgehead atoms. The standard InChI is InChI=1S/C18H25N3O3/c1-13(2)17-19-10-12-21(17)11-4-9-20-18(23)16(22)14-5-7-15(24-3)8-6-14/h5-8,10,12-13,16,22H,4,9,11H2,1-3H3,(H,20,23)/t16-/m0/s1. The molecule has 0 aliphatic rings. The van der Waals surface area contributed by atoms with E-state index in [1.165, 1.54) is 0 Å². The van der Waals surface area contributed by atoms with Crippen molar-refractivity contribution in [3.8, 4) is 5.75 Å². The number of aliphatic hydroxyl groups is 1. The van der Waals surface area contributed by atoms with Gasteiger partial charge in [-0.15, -0.1) is 0 Å². The lowest BCUT2D eigenvalue weighted by molar-refractivity contribution is -0.129. The normalized spacial score (nSPS) is 12.2. The van der Waals surface area contributed by atoms with Crippen LogP contribution in [-0.2, 0) is 11.3 Å². The van der Waals surface area contributed by atoms with Gasteiger partial charge in [0, 0.05) is 31.4 Å². The average Bonchev–Trinajstić information content (AvgIpc) is 3.06. The van der Waals surface area contributed by atoms with Crippen molar-refractivity contribution in [3.05, 3.63) is 48.0 Å². The molecule has 24 heavy (non-hydrogen) atoms. The zero-order valence-electron chi connectivity index (χ0n) is 14.4. The van der Waals surface area contributed by atoms with Crippen molar-refractivity contribution in [2.45, 2.75) is 38.8 Å². The van der Waals surface area contributed by atoms with E-state index in [9.17, 15) is 9.90 Å². The molecule has 6 heteroatoms. The molecule has 1 heterocycles. The molecule has 0 saturated carbocycles. The van der Waals surface area contributed by atoms with Crippen LogP contribution in [0.4, 0.5) is 0 Å². The van der Waals surface area contributed by atoms with Crippen molar-refractivity contribution in [3.63, 3.8) is 0 Å². The molecule has 2 N–H and O–H groups in total. The van der Waals surface area contributed by atoms with Crippen molar-refractivity contribution >= 4 is 5.91 Å². The third-order valence-corrected chi connectivity index (χ3v) is 3.82. The third kappa shape index (κ3) is 4.58. The molecule has 1 aromatic heterocycles. The Morgan fingerprint density at radius 2 is 2.04 bits per heavy atom. The Kier molecular flexibility index (Phi) is 6.37. The van der Waals surface area contributed by atoms with Crippen molar-refractivity contribution in [1.29, 1.82) is 0 Å².